The van der Waals surface area contributed by atoms with E-state index in [0.29, 0.717) is 10.0 Å². The van der Waals surface area contributed by atoms with Gasteiger partial charge in [-0.15, -0.1) is 11.3 Å². The number of rotatable bonds is 3. The number of likely N-dealkylation sites (tertiary alicyclic amines) is 1. The first kappa shape index (κ1) is 17.2. The molecule has 1 aromatic carbocycles. The fourth-order valence-corrected chi connectivity index (χ4v) is 4.23. The Morgan fingerprint density at radius 1 is 1.39 bits per heavy atom. The van der Waals surface area contributed by atoms with Gasteiger partial charge >= 0.3 is 0 Å². The van der Waals surface area contributed by atoms with Crippen LogP contribution in [0.2, 0.25) is 10.0 Å². The van der Waals surface area contributed by atoms with Crippen molar-refractivity contribution in [3.63, 3.8) is 0 Å². The quantitative estimate of drug-likeness (QED) is 0.853. The molecule has 1 atom stereocenters. The number of aromatic nitrogens is 1. The molecule has 1 aromatic heterocycles. The minimum atomic E-state index is 0.147. The van der Waals surface area contributed by atoms with Crippen LogP contribution < -0.4 is 5.73 Å². The second kappa shape index (κ2) is 6.69. The maximum atomic E-state index is 6.27. The zero-order valence-corrected chi connectivity index (χ0v) is 15.7. The molecule has 2 heterocycles. The molecule has 3 nitrogen and oxygen atoms in total. The molecular weight excluding hydrogens is 349 g/mol. The molecule has 1 aliphatic heterocycles. The Bertz CT molecular complexity index is 699. The highest BCUT2D eigenvalue weighted by Gasteiger charge is 2.33. The van der Waals surface area contributed by atoms with Crippen molar-refractivity contribution in [3.05, 3.63) is 38.6 Å². The molecule has 1 aliphatic rings. The molecule has 0 radical (unpaired) electrons. The lowest BCUT2D eigenvalue weighted by atomic mass is 9.80. The second-order valence-electron chi connectivity index (χ2n) is 6.85. The molecule has 23 heavy (non-hydrogen) atoms. The van der Waals surface area contributed by atoms with Crippen LogP contribution in [-0.4, -0.2) is 29.0 Å². The monoisotopic (exact) mass is 369 g/mol. The van der Waals surface area contributed by atoms with E-state index >= 15 is 0 Å². The molecule has 2 N–H and O–H groups in total. The smallest absolute Gasteiger partial charge is 0.107 e. The Labute approximate surface area is 151 Å². The summed E-state index contributed by atoms with van der Waals surface area (Å²) in [6.45, 7) is 7.36. The van der Waals surface area contributed by atoms with Gasteiger partial charge in [0.2, 0.25) is 0 Å². The van der Waals surface area contributed by atoms with E-state index in [9.17, 15) is 0 Å². The van der Waals surface area contributed by atoms with Crippen molar-refractivity contribution in [3.8, 4) is 11.3 Å². The molecule has 0 spiro atoms. The first-order valence-electron chi connectivity index (χ1n) is 7.73. The van der Waals surface area contributed by atoms with Crippen LogP contribution >= 0.6 is 34.5 Å². The van der Waals surface area contributed by atoms with Crippen LogP contribution in [0.15, 0.2) is 23.6 Å². The van der Waals surface area contributed by atoms with Crippen LogP contribution in [0, 0.1) is 5.41 Å². The third-order valence-electron chi connectivity index (χ3n) is 4.51. The van der Waals surface area contributed by atoms with E-state index in [1.165, 1.54) is 0 Å². The molecule has 0 saturated carbocycles. The second-order valence-corrected chi connectivity index (χ2v) is 8.63. The summed E-state index contributed by atoms with van der Waals surface area (Å²) in [6, 6.07) is 5.74. The van der Waals surface area contributed by atoms with E-state index in [1.54, 1.807) is 17.4 Å². The maximum Gasteiger partial charge on any atom is 0.107 e. The average molecular weight is 370 g/mol. The summed E-state index contributed by atoms with van der Waals surface area (Å²) >= 11 is 14.0. The van der Waals surface area contributed by atoms with Gasteiger partial charge in [0.1, 0.15) is 5.01 Å². The van der Waals surface area contributed by atoms with Gasteiger partial charge in [0, 0.05) is 35.1 Å². The number of hydrogen-bond acceptors (Lipinski definition) is 4. The van der Waals surface area contributed by atoms with Crippen LogP contribution in [0.4, 0.5) is 0 Å². The number of nitrogens with two attached hydrogens (primary N) is 1. The summed E-state index contributed by atoms with van der Waals surface area (Å²) in [4.78, 5) is 7.18. The number of halogens is 2. The van der Waals surface area contributed by atoms with Gasteiger partial charge in [0.15, 0.2) is 0 Å². The average Bonchev–Trinajstić information content (AvgIpc) is 2.93. The van der Waals surface area contributed by atoms with Crippen LogP contribution in [0.3, 0.4) is 0 Å². The van der Waals surface area contributed by atoms with Crippen LogP contribution in [0.5, 0.6) is 0 Å². The Balaban J connectivity index is 1.74. The number of thiazole rings is 1. The molecule has 0 amide bonds. The molecule has 6 heteroatoms. The summed E-state index contributed by atoms with van der Waals surface area (Å²) in [5, 5.41) is 4.50. The predicted octanol–water partition coefficient (Wildman–Crippen LogP) is 4.68. The summed E-state index contributed by atoms with van der Waals surface area (Å²) in [5.41, 5.74) is 8.14. The Kier molecular flexibility index (Phi) is 5.00. The highest BCUT2D eigenvalue weighted by atomic mass is 35.5. The largest absolute Gasteiger partial charge is 0.327 e. The zero-order chi connectivity index (χ0) is 16.6. The molecular formula is C17H21Cl2N3S. The normalized spacial score (nSPS) is 21.5. The van der Waals surface area contributed by atoms with E-state index in [1.807, 2.05) is 17.5 Å². The molecule has 1 unspecified atom stereocenters. The molecule has 1 saturated heterocycles. The van der Waals surface area contributed by atoms with E-state index in [-0.39, 0.29) is 11.5 Å². The summed E-state index contributed by atoms with van der Waals surface area (Å²) in [7, 11) is 0. The molecule has 3 rings (SSSR count). The first-order valence-corrected chi connectivity index (χ1v) is 9.36. The lowest BCUT2D eigenvalue weighted by Crippen LogP contribution is -2.52. The number of piperidine rings is 1. The lowest BCUT2D eigenvalue weighted by molar-refractivity contribution is 0.0898. The SMILES string of the molecule is CC1(C)CN(Cc2nc(-c3cc(Cl)ccc3Cl)cs2)CCC1N. The van der Waals surface area contributed by atoms with Crippen molar-refractivity contribution >= 4 is 34.5 Å². The van der Waals surface area contributed by atoms with E-state index < -0.39 is 0 Å². The molecule has 2 aromatic rings. The summed E-state index contributed by atoms with van der Waals surface area (Å²) in [5.74, 6) is 0. The highest BCUT2D eigenvalue weighted by molar-refractivity contribution is 7.09. The van der Waals surface area contributed by atoms with Crippen LogP contribution in [-0.2, 0) is 6.54 Å². The van der Waals surface area contributed by atoms with Gasteiger partial charge < -0.3 is 5.73 Å². The fraction of sp³-hybridized carbons (Fsp3) is 0.471. The van der Waals surface area contributed by atoms with Gasteiger partial charge in [0.25, 0.3) is 0 Å². The fourth-order valence-electron chi connectivity index (χ4n) is 3.01. The Hall–Kier alpha value is -0.650. The van der Waals surface area contributed by atoms with Gasteiger partial charge in [0.05, 0.1) is 17.3 Å². The highest BCUT2D eigenvalue weighted by Crippen LogP contribution is 2.33. The van der Waals surface area contributed by atoms with Crippen molar-refractivity contribution in [2.75, 3.05) is 13.1 Å². The van der Waals surface area contributed by atoms with Crippen molar-refractivity contribution < 1.29 is 0 Å². The Morgan fingerprint density at radius 3 is 2.91 bits per heavy atom. The molecule has 1 fully saturated rings. The topological polar surface area (TPSA) is 42.2 Å². The number of nitrogens with zero attached hydrogens (tertiary/aromatic N) is 2. The van der Waals surface area contributed by atoms with Crippen LogP contribution in [0.1, 0.15) is 25.3 Å². The molecule has 0 aliphatic carbocycles. The third kappa shape index (κ3) is 3.89. The maximum absolute atomic E-state index is 6.27. The van der Waals surface area contributed by atoms with Crippen molar-refractivity contribution in [2.24, 2.45) is 11.1 Å². The van der Waals surface area contributed by atoms with Crippen molar-refractivity contribution in [2.45, 2.75) is 32.9 Å². The Morgan fingerprint density at radius 2 is 2.17 bits per heavy atom. The lowest BCUT2D eigenvalue weighted by Gasteiger charge is -2.42. The summed E-state index contributed by atoms with van der Waals surface area (Å²) in [6.07, 6.45) is 1.03. The van der Waals surface area contributed by atoms with Gasteiger partial charge in [-0.25, -0.2) is 4.98 Å². The van der Waals surface area contributed by atoms with Gasteiger partial charge in [-0.3, -0.25) is 4.90 Å². The van der Waals surface area contributed by atoms with E-state index in [0.717, 1.165) is 42.3 Å². The van der Waals surface area contributed by atoms with Crippen LogP contribution in [0.25, 0.3) is 11.3 Å². The zero-order valence-electron chi connectivity index (χ0n) is 13.4. The van der Waals surface area contributed by atoms with Gasteiger partial charge in [-0.05, 0) is 30.0 Å². The number of benzene rings is 1. The van der Waals surface area contributed by atoms with Gasteiger partial charge in [-0.1, -0.05) is 37.0 Å². The number of hydrogen-bond donors (Lipinski definition) is 1. The van der Waals surface area contributed by atoms with Gasteiger partial charge in [-0.2, -0.15) is 0 Å². The minimum Gasteiger partial charge on any atom is -0.327 e. The summed E-state index contributed by atoms with van der Waals surface area (Å²) < 4.78 is 0. The van der Waals surface area contributed by atoms with Crippen molar-refractivity contribution in [1.82, 2.24) is 9.88 Å². The standard InChI is InChI=1S/C17H21Cl2N3S/c1-17(2)10-22(6-5-15(17)20)8-16-21-14(9-23-16)12-7-11(18)3-4-13(12)19/h3-4,7,9,15H,5-6,8,10,20H2,1-2H3. The first-order chi connectivity index (χ1) is 10.8. The third-order valence-corrected chi connectivity index (χ3v) is 5.90. The molecule has 0 bridgehead atoms. The predicted molar refractivity (Wildman–Crippen MR) is 99.2 cm³/mol. The molecule has 124 valence electrons. The van der Waals surface area contributed by atoms with E-state index in [2.05, 4.69) is 18.7 Å². The van der Waals surface area contributed by atoms with Crippen molar-refractivity contribution in [1.29, 1.82) is 0 Å². The van der Waals surface area contributed by atoms with E-state index in [4.69, 9.17) is 33.9 Å². The minimum absolute atomic E-state index is 0.147.